The highest BCUT2D eigenvalue weighted by atomic mass is 19.3. The quantitative estimate of drug-likeness (QED) is 0.352. The van der Waals surface area contributed by atoms with Crippen molar-refractivity contribution in [2.75, 3.05) is 18.5 Å². The molecule has 1 N–H and O–H groups in total. The van der Waals surface area contributed by atoms with E-state index >= 15 is 0 Å². The zero-order valence-corrected chi connectivity index (χ0v) is 18.1. The first-order chi connectivity index (χ1) is 16.6. The van der Waals surface area contributed by atoms with E-state index < -0.39 is 100 Å². The Bertz CT molecular complexity index is 1260. The summed E-state index contributed by atoms with van der Waals surface area (Å²) in [6.07, 6.45) is -5.19. The summed E-state index contributed by atoms with van der Waals surface area (Å²) in [5.41, 5.74) is -3.92. The second-order valence-corrected chi connectivity index (χ2v) is 7.62. The molecule has 0 saturated carbocycles. The Morgan fingerprint density at radius 1 is 1.03 bits per heavy atom. The lowest BCUT2D eigenvalue weighted by molar-refractivity contribution is -0.193. The minimum Gasteiger partial charge on any atom is -0.481 e. The van der Waals surface area contributed by atoms with Crippen LogP contribution in [-0.2, 0) is 14.4 Å². The Labute approximate surface area is 196 Å². The fraction of sp³-hybridized carbons (Fsp3) is 0.286. The molecule has 194 valence electrons. The highest BCUT2D eigenvalue weighted by molar-refractivity contribution is 6.06. The van der Waals surface area contributed by atoms with Crippen LogP contribution >= 0.6 is 0 Å². The predicted octanol–water partition coefficient (Wildman–Crippen LogP) is 3.83. The van der Waals surface area contributed by atoms with Crippen molar-refractivity contribution >= 4 is 23.5 Å². The van der Waals surface area contributed by atoms with E-state index in [4.69, 9.17) is 5.11 Å². The van der Waals surface area contributed by atoms with Gasteiger partial charge in [-0.1, -0.05) is 0 Å². The van der Waals surface area contributed by atoms with Crippen LogP contribution in [0.3, 0.4) is 0 Å². The summed E-state index contributed by atoms with van der Waals surface area (Å²) in [5, 5.41) is 8.75. The van der Waals surface area contributed by atoms with Gasteiger partial charge in [-0.2, -0.15) is 8.78 Å². The van der Waals surface area contributed by atoms with Crippen LogP contribution in [0.1, 0.15) is 13.3 Å². The molecular formula is C21H14F8N2O5. The Balaban J connectivity index is 2.20. The van der Waals surface area contributed by atoms with Crippen molar-refractivity contribution in [3.63, 3.8) is 0 Å². The molecule has 3 rings (SSSR count). The largest absolute Gasteiger partial charge is 0.483 e. The lowest BCUT2D eigenvalue weighted by Crippen LogP contribution is -2.57. The maximum Gasteiger partial charge on any atom is 0.483 e. The number of alkyl halides is 2. The third kappa shape index (κ3) is 4.40. The number of carbonyl (C=O) groups excluding carboxylic acids is 2. The standard InChI is InChI=1S/C21H14F8N2O5/c1-7(19(34)30(2)4-3-12(32)33)31-10-5-8(9(22)6-11(10)36-21(28,29)20(31)35)13-14(23)16(25)18(27)17(26)15(13)24/h5-7H,3-4H2,1-2H3,(H,32,33)/t7-/m0/s1. The van der Waals surface area contributed by atoms with Gasteiger partial charge in [0.1, 0.15) is 11.9 Å². The zero-order valence-electron chi connectivity index (χ0n) is 18.1. The number of benzene rings is 2. The summed E-state index contributed by atoms with van der Waals surface area (Å²) in [6, 6.07) is -1.39. The fourth-order valence-electron chi connectivity index (χ4n) is 3.47. The van der Waals surface area contributed by atoms with Crippen LogP contribution in [0.5, 0.6) is 5.75 Å². The minimum absolute atomic E-state index is 0.0907. The van der Waals surface area contributed by atoms with Crippen molar-refractivity contribution in [3.05, 3.63) is 47.0 Å². The van der Waals surface area contributed by atoms with E-state index in [9.17, 15) is 49.5 Å². The van der Waals surface area contributed by atoms with Gasteiger partial charge in [0.25, 0.3) is 0 Å². The number of fused-ring (bicyclic) bond motifs is 1. The zero-order chi connectivity index (χ0) is 27.3. The highest BCUT2D eigenvalue weighted by Crippen LogP contribution is 2.45. The number of carbonyl (C=O) groups is 3. The number of aliphatic carboxylic acids is 1. The van der Waals surface area contributed by atoms with E-state index in [1.54, 1.807) is 0 Å². The van der Waals surface area contributed by atoms with Crippen LogP contribution in [-0.4, -0.2) is 53.5 Å². The van der Waals surface area contributed by atoms with Crippen LogP contribution < -0.4 is 9.64 Å². The normalized spacial score (nSPS) is 15.3. The van der Waals surface area contributed by atoms with Gasteiger partial charge in [-0.05, 0) is 13.0 Å². The molecule has 1 aliphatic heterocycles. The average Bonchev–Trinajstić information content (AvgIpc) is 2.80. The number of carboxylic acid groups (broad SMARTS) is 1. The number of likely N-dealkylation sites (N-methyl/N-ethyl adjacent to an activating group) is 1. The van der Waals surface area contributed by atoms with Gasteiger partial charge in [-0.15, -0.1) is 0 Å². The number of carboxylic acids is 1. The van der Waals surface area contributed by atoms with Crippen LogP contribution in [0.4, 0.5) is 40.8 Å². The molecule has 15 heteroatoms. The maximum atomic E-state index is 14.7. The molecule has 0 radical (unpaired) electrons. The molecule has 0 saturated heterocycles. The second kappa shape index (κ2) is 9.28. The van der Waals surface area contributed by atoms with Gasteiger partial charge < -0.3 is 14.7 Å². The number of hydrogen-bond acceptors (Lipinski definition) is 4. The molecule has 7 nitrogen and oxygen atoms in total. The number of hydrogen-bond donors (Lipinski definition) is 1. The number of amides is 2. The van der Waals surface area contributed by atoms with E-state index in [-0.39, 0.29) is 11.0 Å². The van der Waals surface area contributed by atoms with Crippen LogP contribution in [0, 0.1) is 34.9 Å². The van der Waals surface area contributed by atoms with E-state index in [0.717, 1.165) is 18.9 Å². The predicted molar refractivity (Wildman–Crippen MR) is 104 cm³/mol. The molecule has 2 amide bonds. The lowest BCUT2D eigenvalue weighted by atomic mass is 10.00. The minimum atomic E-state index is -4.64. The number of anilines is 1. The first-order valence-corrected chi connectivity index (χ1v) is 9.82. The molecule has 0 unspecified atom stereocenters. The van der Waals surface area contributed by atoms with Crippen molar-refractivity contribution in [2.45, 2.75) is 25.5 Å². The fourth-order valence-corrected chi connectivity index (χ4v) is 3.47. The SMILES string of the molecule is C[C@@H](C(=O)N(C)CCC(=O)O)N1C(=O)C(F)(F)Oc2cc(F)c(-c3c(F)c(F)c(F)c(F)c3F)cc21. The summed E-state index contributed by atoms with van der Waals surface area (Å²) in [6.45, 7) is 0.531. The van der Waals surface area contributed by atoms with Crippen molar-refractivity contribution in [1.82, 2.24) is 4.90 Å². The third-order valence-corrected chi connectivity index (χ3v) is 5.28. The second-order valence-electron chi connectivity index (χ2n) is 7.62. The molecule has 1 aliphatic rings. The molecule has 0 fully saturated rings. The smallest absolute Gasteiger partial charge is 0.481 e. The topological polar surface area (TPSA) is 87.2 Å². The molecule has 1 atom stereocenters. The van der Waals surface area contributed by atoms with E-state index in [1.165, 1.54) is 0 Å². The number of ether oxygens (including phenoxy) is 1. The summed E-state index contributed by atoms with van der Waals surface area (Å²) >= 11 is 0. The first-order valence-electron chi connectivity index (χ1n) is 9.82. The molecule has 0 bridgehead atoms. The average molecular weight is 526 g/mol. The highest BCUT2D eigenvalue weighted by Gasteiger charge is 2.53. The van der Waals surface area contributed by atoms with Gasteiger partial charge in [0.15, 0.2) is 29.0 Å². The van der Waals surface area contributed by atoms with Gasteiger partial charge in [0.05, 0.1) is 17.7 Å². The lowest BCUT2D eigenvalue weighted by Gasteiger charge is -2.37. The molecule has 0 aromatic heterocycles. The molecule has 2 aromatic carbocycles. The van der Waals surface area contributed by atoms with Gasteiger partial charge in [-0.3, -0.25) is 19.3 Å². The summed E-state index contributed by atoms with van der Waals surface area (Å²) in [5.74, 6) is -19.6. The molecule has 1 heterocycles. The Morgan fingerprint density at radius 3 is 2.08 bits per heavy atom. The van der Waals surface area contributed by atoms with Gasteiger partial charge in [0, 0.05) is 25.2 Å². The monoisotopic (exact) mass is 526 g/mol. The van der Waals surface area contributed by atoms with Crippen LogP contribution in [0.2, 0.25) is 0 Å². The maximum absolute atomic E-state index is 14.7. The summed E-state index contributed by atoms with van der Waals surface area (Å²) in [7, 11) is 1.09. The number of halogens is 8. The molecular weight excluding hydrogens is 512 g/mol. The molecule has 0 spiro atoms. The first kappa shape index (κ1) is 26.7. The Kier molecular flexibility index (Phi) is 6.88. The number of rotatable bonds is 6. The van der Waals surface area contributed by atoms with E-state index in [1.807, 2.05) is 0 Å². The van der Waals surface area contributed by atoms with Crippen molar-refractivity contribution < 1.29 is 59.4 Å². The molecule has 0 aliphatic carbocycles. The van der Waals surface area contributed by atoms with E-state index in [0.29, 0.717) is 6.07 Å². The summed E-state index contributed by atoms with van der Waals surface area (Å²) in [4.78, 5) is 36.7. The van der Waals surface area contributed by atoms with Crippen molar-refractivity contribution in [1.29, 1.82) is 0 Å². The molecule has 2 aromatic rings. The van der Waals surface area contributed by atoms with Crippen molar-refractivity contribution in [3.8, 4) is 16.9 Å². The third-order valence-electron chi connectivity index (χ3n) is 5.28. The summed E-state index contributed by atoms with van der Waals surface area (Å²) < 4.78 is 117. The van der Waals surface area contributed by atoms with E-state index in [2.05, 4.69) is 4.74 Å². The number of nitrogens with zero attached hydrogens (tertiary/aromatic N) is 2. The van der Waals surface area contributed by atoms with Crippen molar-refractivity contribution in [2.24, 2.45) is 0 Å². The van der Waals surface area contributed by atoms with Crippen LogP contribution in [0.25, 0.3) is 11.1 Å². The Hall–Kier alpha value is -3.91. The molecule has 36 heavy (non-hydrogen) atoms. The Morgan fingerprint density at radius 2 is 1.56 bits per heavy atom. The van der Waals surface area contributed by atoms with Gasteiger partial charge in [0.2, 0.25) is 11.7 Å². The van der Waals surface area contributed by atoms with Gasteiger partial charge in [-0.25, -0.2) is 26.3 Å². The van der Waals surface area contributed by atoms with Gasteiger partial charge >= 0.3 is 18.0 Å². The van der Waals surface area contributed by atoms with Crippen LogP contribution in [0.15, 0.2) is 12.1 Å².